The summed E-state index contributed by atoms with van der Waals surface area (Å²) in [5.41, 5.74) is 4.32. The normalized spacial score (nSPS) is 11.2. The summed E-state index contributed by atoms with van der Waals surface area (Å²) in [6.07, 6.45) is 1.63. The molecule has 3 heterocycles. The Morgan fingerprint density at radius 3 is 2.62 bits per heavy atom. The number of fused-ring (bicyclic) bond motifs is 2. The summed E-state index contributed by atoms with van der Waals surface area (Å²) in [6.45, 7) is 0.522. The first-order valence-corrected chi connectivity index (χ1v) is 8.31. The molecular formula is C19H15N7. The number of para-hydroxylation sites is 2. The summed E-state index contributed by atoms with van der Waals surface area (Å²) < 4.78 is 0. The second-order valence-corrected chi connectivity index (χ2v) is 5.92. The number of rotatable bonds is 4. The molecule has 5 aromatic rings. The van der Waals surface area contributed by atoms with E-state index in [-0.39, 0.29) is 0 Å². The van der Waals surface area contributed by atoms with E-state index in [1.165, 1.54) is 0 Å². The minimum atomic E-state index is 0.522. The minimum Gasteiger partial charge on any atom is -0.361 e. The summed E-state index contributed by atoms with van der Waals surface area (Å²) in [6, 6.07) is 17.8. The van der Waals surface area contributed by atoms with E-state index in [0.29, 0.717) is 23.8 Å². The smallest absolute Gasteiger partial charge is 0.183 e. The van der Waals surface area contributed by atoms with Crippen molar-refractivity contribution in [1.29, 1.82) is 0 Å². The van der Waals surface area contributed by atoms with Crippen LogP contribution in [0, 0.1) is 0 Å². The lowest BCUT2D eigenvalue weighted by Gasteiger charge is -2.07. The molecule has 0 aliphatic rings. The average molecular weight is 341 g/mol. The van der Waals surface area contributed by atoms with Gasteiger partial charge in [0.2, 0.25) is 0 Å². The molecule has 0 spiro atoms. The Morgan fingerprint density at radius 1 is 0.885 bits per heavy atom. The fourth-order valence-electron chi connectivity index (χ4n) is 2.93. The molecule has 0 bridgehead atoms. The third-order valence-electron chi connectivity index (χ3n) is 4.18. The number of hydrogen-bond acceptors (Lipinski definition) is 5. The fourth-order valence-corrected chi connectivity index (χ4v) is 2.93. The Kier molecular flexibility index (Phi) is 3.35. The van der Waals surface area contributed by atoms with E-state index < -0.39 is 0 Å². The number of nitrogens with one attached hydrogen (secondary N) is 3. The molecule has 7 nitrogen and oxygen atoms in total. The van der Waals surface area contributed by atoms with Gasteiger partial charge in [-0.2, -0.15) is 0 Å². The second kappa shape index (κ2) is 5.96. The third kappa shape index (κ3) is 2.55. The maximum Gasteiger partial charge on any atom is 0.183 e. The SMILES string of the molecule is c1ccc(-c2nc(NCc3nc4ccccc4[nH]3)c3[nH]cnc3n2)cc1. The van der Waals surface area contributed by atoms with Gasteiger partial charge in [0.1, 0.15) is 11.3 Å². The Hall–Kier alpha value is -3.74. The van der Waals surface area contributed by atoms with Crippen molar-refractivity contribution in [1.82, 2.24) is 29.9 Å². The lowest BCUT2D eigenvalue weighted by atomic mass is 10.2. The Morgan fingerprint density at radius 2 is 1.73 bits per heavy atom. The zero-order valence-electron chi connectivity index (χ0n) is 13.8. The summed E-state index contributed by atoms with van der Waals surface area (Å²) in [5.74, 6) is 2.18. The lowest BCUT2D eigenvalue weighted by molar-refractivity contribution is 0.997. The molecule has 3 N–H and O–H groups in total. The quantitative estimate of drug-likeness (QED) is 0.465. The van der Waals surface area contributed by atoms with Crippen LogP contribution in [0.3, 0.4) is 0 Å². The zero-order chi connectivity index (χ0) is 17.3. The number of anilines is 1. The molecule has 0 aliphatic heterocycles. The van der Waals surface area contributed by atoms with Gasteiger partial charge in [-0.05, 0) is 12.1 Å². The topological polar surface area (TPSA) is 95.2 Å². The molecule has 7 heteroatoms. The molecule has 0 aliphatic carbocycles. The highest BCUT2D eigenvalue weighted by Gasteiger charge is 2.12. The van der Waals surface area contributed by atoms with Crippen molar-refractivity contribution in [3.8, 4) is 11.4 Å². The molecule has 0 saturated heterocycles. The van der Waals surface area contributed by atoms with Crippen LogP contribution in [0.5, 0.6) is 0 Å². The Balaban J connectivity index is 1.50. The first-order valence-electron chi connectivity index (χ1n) is 8.31. The van der Waals surface area contributed by atoms with Crippen LogP contribution < -0.4 is 5.32 Å². The van der Waals surface area contributed by atoms with E-state index in [2.05, 4.69) is 35.2 Å². The molecule has 2 aromatic carbocycles. The standard InChI is InChI=1S/C19H15N7/c1-2-6-12(7-3-1)17-25-18(16-19(26-17)22-11-21-16)20-10-15-23-13-8-4-5-9-14(13)24-15/h1-9,11H,10H2,(H,23,24)(H2,20,21,22,25,26). The van der Waals surface area contributed by atoms with Crippen LogP contribution in [-0.2, 0) is 6.54 Å². The van der Waals surface area contributed by atoms with Crippen molar-refractivity contribution in [2.45, 2.75) is 6.54 Å². The van der Waals surface area contributed by atoms with E-state index >= 15 is 0 Å². The van der Waals surface area contributed by atoms with Gasteiger partial charge in [0.05, 0.1) is 23.9 Å². The number of imidazole rings is 2. The van der Waals surface area contributed by atoms with Crippen molar-refractivity contribution >= 4 is 28.0 Å². The molecular weight excluding hydrogens is 326 g/mol. The number of hydrogen-bond donors (Lipinski definition) is 3. The first kappa shape index (κ1) is 14.6. The van der Waals surface area contributed by atoms with E-state index in [1.807, 2.05) is 54.6 Å². The van der Waals surface area contributed by atoms with Gasteiger partial charge in [-0.15, -0.1) is 0 Å². The monoisotopic (exact) mass is 341 g/mol. The van der Waals surface area contributed by atoms with Gasteiger partial charge in [-0.1, -0.05) is 42.5 Å². The average Bonchev–Trinajstić information content (AvgIpc) is 3.33. The largest absolute Gasteiger partial charge is 0.361 e. The molecule has 3 aromatic heterocycles. The first-order chi connectivity index (χ1) is 12.9. The van der Waals surface area contributed by atoms with Crippen LogP contribution in [0.15, 0.2) is 60.9 Å². The van der Waals surface area contributed by atoms with Gasteiger partial charge in [-0.25, -0.2) is 19.9 Å². The van der Waals surface area contributed by atoms with Crippen LogP contribution in [0.25, 0.3) is 33.6 Å². The van der Waals surface area contributed by atoms with E-state index in [0.717, 1.165) is 27.9 Å². The summed E-state index contributed by atoms with van der Waals surface area (Å²) in [4.78, 5) is 24.5. The van der Waals surface area contributed by atoms with Crippen molar-refractivity contribution in [2.24, 2.45) is 0 Å². The van der Waals surface area contributed by atoms with E-state index in [9.17, 15) is 0 Å². The summed E-state index contributed by atoms with van der Waals surface area (Å²) in [7, 11) is 0. The van der Waals surface area contributed by atoms with E-state index in [4.69, 9.17) is 0 Å². The number of aromatic nitrogens is 6. The number of nitrogens with zero attached hydrogens (tertiary/aromatic N) is 4. The van der Waals surface area contributed by atoms with Gasteiger partial charge in [-0.3, -0.25) is 0 Å². The van der Waals surface area contributed by atoms with Crippen molar-refractivity contribution < 1.29 is 0 Å². The predicted octanol–water partition coefficient (Wildman–Crippen LogP) is 3.51. The molecule has 5 rings (SSSR count). The number of aromatic amines is 2. The van der Waals surface area contributed by atoms with Crippen molar-refractivity contribution in [3.05, 3.63) is 66.7 Å². The van der Waals surface area contributed by atoms with Gasteiger partial charge in [0.15, 0.2) is 17.3 Å². The van der Waals surface area contributed by atoms with Crippen LogP contribution in [0.1, 0.15) is 5.82 Å². The zero-order valence-corrected chi connectivity index (χ0v) is 13.8. The van der Waals surface area contributed by atoms with E-state index in [1.54, 1.807) is 6.33 Å². The highest BCUT2D eigenvalue weighted by Crippen LogP contribution is 2.23. The summed E-state index contributed by atoms with van der Waals surface area (Å²) in [5, 5.41) is 3.35. The highest BCUT2D eigenvalue weighted by atomic mass is 15.1. The number of benzene rings is 2. The molecule has 0 saturated carbocycles. The fraction of sp³-hybridized carbons (Fsp3) is 0.0526. The van der Waals surface area contributed by atoms with Crippen molar-refractivity contribution in [2.75, 3.05) is 5.32 Å². The van der Waals surface area contributed by atoms with Crippen LogP contribution in [0.2, 0.25) is 0 Å². The highest BCUT2D eigenvalue weighted by molar-refractivity contribution is 5.84. The Bertz CT molecular complexity index is 1160. The van der Waals surface area contributed by atoms with Gasteiger partial charge in [0.25, 0.3) is 0 Å². The Labute approximate surface area is 148 Å². The molecule has 0 amide bonds. The maximum atomic E-state index is 4.68. The second-order valence-electron chi connectivity index (χ2n) is 5.92. The van der Waals surface area contributed by atoms with Crippen LogP contribution >= 0.6 is 0 Å². The van der Waals surface area contributed by atoms with Crippen LogP contribution in [-0.4, -0.2) is 29.9 Å². The number of H-pyrrole nitrogens is 2. The molecule has 0 atom stereocenters. The van der Waals surface area contributed by atoms with Gasteiger partial charge >= 0.3 is 0 Å². The van der Waals surface area contributed by atoms with Gasteiger partial charge < -0.3 is 15.3 Å². The minimum absolute atomic E-state index is 0.522. The molecule has 126 valence electrons. The van der Waals surface area contributed by atoms with Gasteiger partial charge in [0, 0.05) is 5.56 Å². The molecule has 26 heavy (non-hydrogen) atoms. The lowest BCUT2D eigenvalue weighted by Crippen LogP contribution is -2.05. The predicted molar refractivity (Wildman–Crippen MR) is 101 cm³/mol. The van der Waals surface area contributed by atoms with Crippen LogP contribution in [0.4, 0.5) is 5.82 Å². The summed E-state index contributed by atoms with van der Waals surface area (Å²) >= 11 is 0. The molecule has 0 unspecified atom stereocenters. The third-order valence-corrected chi connectivity index (χ3v) is 4.18. The molecule has 0 fully saturated rings. The maximum absolute atomic E-state index is 4.68. The van der Waals surface area contributed by atoms with Crippen molar-refractivity contribution in [3.63, 3.8) is 0 Å². The molecule has 0 radical (unpaired) electrons.